The van der Waals surface area contributed by atoms with Gasteiger partial charge in [0.1, 0.15) is 18.2 Å². The number of nitriles is 1. The number of ether oxygens (including phenoxy) is 1. The number of hydrogen-bond acceptors (Lipinski definition) is 6. The molecule has 3 heterocycles. The van der Waals surface area contributed by atoms with Crippen LogP contribution in [0, 0.1) is 17.2 Å². The molecular formula is C21H22N4O4. The molecule has 2 atom stereocenters. The zero-order chi connectivity index (χ0) is 20.5. The standard InChI is InChI=1S/C21H22N4O4/c1-11-10-29-18-16(24-5-2-14(9-24)21(23)3-4-21)13(8-22)6-12-7-15(20(27)28)19(26)25(11)17(12)18/h6-7,11,14H,2-5,9-10,23H2,1H3,(H,27,28)/t11-,14+/m0/s1. The van der Waals surface area contributed by atoms with Gasteiger partial charge >= 0.3 is 5.97 Å². The van der Waals surface area contributed by atoms with Gasteiger partial charge < -0.3 is 20.5 Å². The molecule has 29 heavy (non-hydrogen) atoms. The first-order valence-corrected chi connectivity index (χ1v) is 9.90. The highest BCUT2D eigenvalue weighted by molar-refractivity contribution is 5.99. The Morgan fingerprint density at radius 2 is 2.17 bits per heavy atom. The number of hydrogen-bond donors (Lipinski definition) is 2. The quantitative estimate of drug-likeness (QED) is 0.814. The Balaban J connectivity index is 1.74. The van der Waals surface area contributed by atoms with Gasteiger partial charge in [0.15, 0.2) is 5.75 Å². The number of benzene rings is 1. The summed E-state index contributed by atoms with van der Waals surface area (Å²) in [5, 5.41) is 19.8. The van der Waals surface area contributed by atoms with E-state index in [9.17, 15) is 20.0 Å². The van der Waals surface area contributed by atoms with Crippen molar-refractivity contribution in [1.82, 2.24) is 4.57 Å². The second kappa shape index (κ2) is 5.97. The van der Waals surface area contributed by atoms with E-state index < -0.39 is 11.5 Å². The summed E-state index contributed by atoms with van der Waals surface area (Å²) < 4.78 is 7.56. The number of carbonyl (C=O) groups is 1. The first-order valence-electron chi connectivity index (χ1n) is 9.90. The maximum atomic E-state index is 12.9. The number of carboxylic acid groups (broad SMARTS) is 1. The maximum absolute atomic E-state index is 12.9. The van der Waals surface area contributed by atoms with E-state index in [-0.39, 0.29) is 23.8 Å². The van der Waals surface area contributed by atoms with Gasteiger partial charge in [-0.3, -0.25) is 9.36 Å². The van der Waals surface area contributed by atoms with E-state index in [1.54, 1.807) is 6.07 Å². The SMILES string of the molecule is C[C@H]1COc2c(N3CC[C@@H](C4(N)CC4)C3)c(C#N)cc3cc(C(=O)O)c(=O)n1c23. The Morgan fingerprint density at radius 3 is 2.83 bits per heavy atom. The highest BCUT2D eigenvalue weighted by Crippen LogP contribution is 2.48. The van der Waals surface area contributed by atoms with Crippen molar-refractivity contribution >= 4 is 22.6 Å². The largest absolute Gasteiger partial charge is 0.487 e. The summed E-state index contributed by atoms with van der Waals surface area (Å²) in [7, 11) is 0. The van der Waals surface area contributed by atoms with Crippen LogP contribution in [0.15, 0.2) is 16.9 Å². The van der Waals surface area contributed by atoms with Crippen LogP contribution < -0.4 is 20.9 Å². The Hall–Kier alpha value is -3.05. The number of nitrogens with two attached hydrogens (primary N) is 1. The topological polar surface area (TPSA) is 122 Å². The molecule has 1 saturated heterocycles. The Kier molecular flexibility index (Phi) is 3.71. The van der Waals surface area contributed by atoms with Crippen LogP contribution in [0.5, 0.6) is 5.75 Å². The minimum Gasteiger partial charge on any atom is -0.487 e. The summed E-state index contributed by atoms with van der Waals surface area (Å²) in [6.07, 6.45) is 3.03. The molecule has 1 aliphatic carbocycles. The van der Waals surface area contributed by atoms with Gasteiger partial charge in [0.25, 0.3) is 5.56 Å². The van der Waals surface area contributed by atoms with Crippen LogP contribution in [0.2, 0.25) is 0 Å². The average molecular weight is 394 g/mol. The molecule has 3 N–H and O–H groups in total. The molecule has 0 spiro atoms. The van der Waals surface area contributed by atoms with Crippen molar-refractivity contribution in [3.63, 3.8) is 0 Å². The number of rotatable bonds is 3. The van der Waals surface area contributed by atoms with E-state index in [0.717, 1.165) is 32.4 Å². The van der Waals surface area contributed by atoms with Gasteiger partial charge in [-0.15, -0.1) is 0 Å². The summed E-state index contributed by atoms with van der Waals surface area (Å²) in [5.41, 5.74) is 7.15. The van der Waals surface area contributed by atoms with Gasteiger partial charge in [-0.25, -0.2) is 4.79 Å². The third kappa shape index (κ3) is 2.54. The van der Waals surface area contributed by atoms with E-state index in [4.69, 9.17) is 10.5 Å². The molecule has 8 nitrogen and oxygen atoms in total. The van der Waals surface area contributed by atoms with Gasteiger partial charge in [-0.05, 0) is 44.2 Å². The van der Waals surface area contributed by atoms with Crippen LogP contribution in [-0.2, 0) is 0 Å². The molecular weight excluding hydrogens is 372 g/mol. The summed E-state index contributed by atoms with van der Waals surface area (Å²) in [5.74, 6) is -0.409. The predicted molar refractivity (Wildman–Crippen MR) is 107 cm³/mol. The summed E-state index contributed by atoms with van der Waals surface area (Å²) in [6.45, 7) is 3.59. The van der Waals surface area contributed by atoms with E-state index in [2.05, 4.69) is 11.0 Å². The third-order valence-electron chi connectivity index (χ3n) is 6.65. The number of aromatic carboxylic acids is 1. The maximum Gasteiger partial charge on any atom is 0.341 e. The average Bonchev–Trinajstić information content (AvgIpc) is 3.25. The third-order valence-corrected chi connectivity index (χ3v) is 6.65. The van der Waals surface area contributed by atoms with Gasteiger partial charge in [-0.1, -0.05) is 0 Å². The van der Waals surface area contributed by atoms with E-state index in [1.165, 1.54) is 10.6 Å². The minimum atomic E-state index is -1.27. The monoisotopic (exact) mass is 394 g/mol. The van der Waals surface area contributed by atoms with E-state index in [0.29, 0.717) is 33.8 Å². The summed E-state index contributed by atoms with van der Waals surface area (Å²) in [6, 6.07) is 4.95. The molecule has 8 heteroatoms. The van der Waals surface area contributed by atoms with Crippen molar-refractivity contribution < 1.29 is 14.6 Å². The summed E-state index contributed by atoms with van der Waals surface area (Å²) >= 11 is 0. The van der Waals surface area contributed by atoms with Gasteiger partial charge in [0.2, 0.25) is 0 Å². The lowest BCUT2D eigenvalue weighted by molar-refractivity contribution is 0.0694. The van der Waals surface area contributed by atoms with Crippen LogP contribution in [0.4, 0.5) is 5.69 Å². The number of anilines is 1. The zero-order valence-electron chi connectivity index (χ0n) is 16.1. The first-order chi connectivity index (χ1) is 13.8. The van der Waals surface area contributed by atoms with Gasteiger partial charge in [0, 0.05) is 24.0 Å². The highest BCUT2D eigenvalue weighted by Gasteiger charge is 2.48. The van der Waals surface area contributed by atoms with Crippen molar-refractivity contribution in [1.29, 1.82) is 5.26 Å². The lowest BCUT2D eigenvalue weighted by Crippen LogP contribution is -2.36. The van der Waals surface area contributed by atoms with E-state index >= 15 is 0 Å². The molecule has 0 amide bonds. The lowest BCUT2D eigenvalue weighted by atomic mass is 9.97. The molecule has 2 aliphatic heterocycles. The van der Waals surface area contributed by atoms with Crippen LogP contribution in [-0.4, -0.2) is 40.9 Å². The number of carboxylic acids is 1. The van der Waals surface area contributed by atoms with E-state index in [1.807, 2.05) is 6.92 Å². The predicted octanol–water partition coefficient (Wildman–Crippen LogP) is 1.84. The fourth-order valence-electron chi connectivity index (χ4n) is 4.84. The molecule has 0 radical (unpaired) electrons. The Morgan fingerprint density at radius 1 is 1.41 bits per heavy atom. The molecule has 1 aromatic heterocycles. The van der Waals surface area contributed by atoms with Crippen molar-refractivity contribution in [2.75, 3.05) is 24.6 Å². The molecule has 3 aliphatic rings. The van der Waals surface area contributed by atoms with Crippen LogP contribution in [0.3, 0.4) is 0 Å². The summed E-state index contributed by atoms with van der Waals surface area (Å²) in [4.78, 5) is 26.6. The van der Waals surface area contributed by atoms with Crippen LogP contribution >= 0.6 is 0 Å². The zero-order valence-corrected chi connectivity index (χ0v) is 16.1. The molecule has 1 aromatic carbocycles. The first kappa shape index (κ1) is 18.0. The van der Waals surface area contributed by atoms with Crippen LogP contribution in [0.1, 0.15) is 48.1 Å². The lowest BCUT2D eigenvalue weighted by Gasteiger charge is -2.31. The smallest absolute Gasteiger partial charge is 0.341 e. The molecule has 5 rings (SSSR count). The van der Waals surface area contributed by atoms with Crippen molar-refractivity contribution in [2.24, 2.45) is 11.7 Å². The Labute approximate surface area is 167 Å². The van der Waals surface area contributed by atoms with Crippen molar-refractivity contribution in [3.05, 3.63) is 33.6 Å². The van der Waals surface area contributed by atoms with Crippen molar-refractivity contribution in [2.45, 2.75) is 37.8 Å². The fraction of sp³-hybridized carbons (Fsp3) is 0.476. The molecule has 1 saturated carbocycles. The van der Waals surface area contributed by atoms with Gasteiger partial charge in [0.05, 0.1) is 22.8 Å². The molecule has 150 valence electrons. The number of pyridine rings is 1. The molecule has 0 bridgehead atoms. The Bertz CT molecular complexity index is 1160. The van der Waals surface area contributed by atoms with Crippen LogP contribution in [0.25, 0.3) is 10.9 Å². The van der Waals surface area contributed by atoms with Gasteiger partial charge in [-0.2, -0.15) is 5.26 Å². The second-order valence-electron chi connectivity index (χ2n) is 8.51. The normalized spacial score (nSPS) is 24.2. The number of aromatic nitrogens is 1. The second-order valence-corrected chi connectivity index (χ2v) is 8.51. The molecule has 2 fully saturated rings. The fourth-order valence-corrected chi connectivity index (χ4v) is 4.84. The molecule has 2 aromatic rings. The number of nitrogens with zero attached hydrogens (tertiary/aromatic N) is 3. The molecule has 0 unspecified atom stereocenters. The minimum absolute atomic E-state index is 0.0938. The van der Waals surface area contributed by atoms with Crippen molar-refractivity contribution in [3.8, 4) is 11.8 Å². The highest BCUT2D eigenvalue weighted by atomic mass is 16.5.